The van der Waals surface area contributed by atoms with Gasteiger partial charge in [0.15, 0.2) is 0 Å². The first-order valence-corrected chi connectivity index (χ1v) is 9.60. The van der Waals surface area contributed by atoms with Crippen molar-refractivity contribution >= 4 is 17.9 Å². The minimum absolute atomic E-state index is 0.0911. The van der Waals surface area contributed by atoms with E-state index in [0.29, 0.717) is 25.8 Å². The molecule has 7 nitrogen and oxygen atoms in total. The minimum atomic E-state index is -0.901. The summed E-state index contributed by atoms with van der Waals surface area (Å²) in [7, 11) is 0. The van der Waals surface area contributed by atoms with Gasteiger partial charge in [-0.2, -0.15) is 0 Å². The molecule has 1 fully saturated rings. The van der Waals surface area contributed by atoms with Crippen molar-refractivity contribution in [3.63, 3.8) is 0 Å². The number of nitrogens with one attached hydrogen (secondary N) is 2. The highest BCUT2D eigenvalue weighted by Gasteiger charge is 2.34. The molecule has 3 amide bonds. The lowest BCUT2D eigenvalue weighted by molar-refractivity contribution is -0.147. The Hall–Kier alpha value is -2.64. The number of rotatable bonds is 7. The van der Waals surface area contributed by atoms with Crippen molar-refractivity contribution in [2.24, 2.45) is 11.8 Å². The van der Waals surface area contributed by atoms with Crippen LogP contribution in [0.25, 0.3) is 0 Å². The number of nitrogens with zero attached hydrogens (tertiary/aromatic N) is 1. The number of aliphatic carboxylic acids is 1. The van der Waals surface area contributed by atoms with Gasteiger partial charge in [-0.15, -0.1) is 0 Å². The first-order chi connectivity index (χ1) is 13.3. The number of likely N-dealkylation sites (tertiary alicyclic amines) is 1. The normalized spacial score (nSPS) is 20.3. The topological polar surface area (TPSA) is 98.7 Å². The summed E-state index contributed by atoms with van der Waals surface area (Å²) in [6.45, 7) is 4.70. The van der Waals surface area contributed by atoms with Gasteiger partial charge in [-0.3, -0.25) is 9.59 Å². The minimum Gasteiger partial charge on any atom is -0.481 e. The highest BCUT2D eigenvalue weighted by atomic mass is 19.1. The van der Waals surface area contributed by atoms with Gasteiger partial charge < -0.3 is 20.6 Å². The van der Waals surface area contributed by atoms with Gasteiger partial charge in [-0.1, -0.05) is 32.4 Å². The van der Waals surface area contributed by atoms with Crippen molar-refractivity contribution in [1.29, 1.82) is 0 Å². The van der Waals surface area contributed by atoms with Gasteiger partial charge in [0.1, 0.15) is 11.9 Å². The number of hydrogen-bond donors (Lipinski definition) is 3. The Morgan fingerprint density at radius 1 is 1.25 bits per heavy atom. The fraction of sp³-hybridized carbons (Fsp3) is 0.550. The number of hydrogen-bond acceptors (Lipinski definition) is 3. The lowest BCUT2D eigenvalue weighted by Crippen LogP contribution is -2.54. The van der Waals surface area contributed by atoms with E-state index in [1.54, 1.807) is 17.0 Å². The average molecular weight is 393 g/mol. The molecule has 8 heteroatoms. The van der Waals surface area contributed by atoms with E-state index in [-0.39, 0.29) is 30.7 Å². The van der Waals surface area contributed by atoms with Crippen molar-refractivity contribution in [2.75, 3.05) is 13.1 Å². The van der Waals surface area contributed by atoms with E-state index in [1.807, 2.05) is 13.8 Å². The molecule has 2 rings (SSSR count). The van der Waals surface area contributed by atoms with Gasteiger partial charge in [0.25, 0.3) is 0 Å². The Balaban J connectivity index is 1.94. The number of urea groups is 1. The van der Waals surface area contributed by atoms with Gasteiger partial charge in [0.2, 0.25) is 5.91 Å². The number of benzene rings is 1. The summed E-state index contributed by atoms with van der Waals surface area (Å²) in [6, 6.07) is 4.58. The lowest BCUT2D eigenvalue weighted by Gasteiger charge is -2.36. The number of amides is 3. The molecule has 0 aliphatic carbocycles. The fourth-order valence-electron chi connectivity index (χ4n) is 3.47. The Kier molecular flexibility index (Phi) is 7.78. The Bertz CT molecular complexity index is 695. The van der Waals surface area contributed by atoms with Crippen molar-refractivity contribution in [3.05, 3.63) is 35.6 Å². The summed E-state index contributed by atoms with van der Waals surface area (Å²) in [6.07, 6.45) is 1.70. The molecule has 1 aromatic rings. The van der Waals surface area contributed by atoms with E-state index in [0.717, 1.165) is 5.56 Å². The van der Waals surface area contributed by atoms with Crippen molar-refractivity contribution in [2.45, 2.75) is 45.7 Å². The summed E-state index contributed by atoms with van der Waals surface area (Å²) < 4.78 is 12.9. The molecular formula is C20H28FN3O4. The number of carboxylic acid groups (broad SMARTS) is 1. The summed E-state index contributed by atoms with van der Waals surface area (Å²) in [5, 5.41) is 14.7. The molecule has 154 valence electrons. The number of halogens is 1. The lowest BCUT2D eigenvalue weighted by atomic mass is 9.90. The number of carbonyl (C=O) groups excluding carboxylic acids is 2. The van der Waals surface area contributed by atoms with Crippen LogP contribution in [0.5, 0.6) is 0 Å². The van der Waals surface area contributed by atoms with E-state index < -0.39 is 24.0 Å². The second-order valence-corrected chi connectivity index (χ2v) is 7.41. The molecule has 3 unspecified atom stereocenters. The van der Waals surface area contributed by atoms with Crippen molar-refractivity contribution in [3.8, 4) is 0 Å². The zero-order chi connectivity index (χ0) is 20.7. The maximum Gasteiger partial charge on any atom is 0.315 e. The van der Waals surface area contributed by atoms with Crippen LogP contribution in [0.2, 0.25) is 0 Å². The predicted molar refractivity (Wildman–Crippen MR) is 102 cm³/mol. The van der Waals surface area contributed by atoms with E-state index in [9.17, 15) is 23.9 Å². The first-order valence-electron chi connectivity index (χ1n) is 9.60. The Labute approximate surface area is 164 Å². The standard InChI is InChI=1S/C20H28FN3O4/c1-3-4-17(18(25)24-11-13(2)9-15(12-24)19(26)27)23-20(28)22-10-14-5-7-16(21)8-6-14/h5-8,13,15,17H,3-4,9-12H2,1-2H3,(H,26,27)(H2,22,23,28). The van der Waals surface area contributed by atoms with E-state index in [2.05, 4.69) is 10.6 Å². The molecule has 1 aliphatic heterocycles. The third-order valence-electron chi connectivity index (χ3n) is 4.87. The predicted octanol–water partition coefficient (Wildman–Crippen LogP) is 2.36. The fourth-order valence-corrected chi connectivity index (χ4v) is 3.47. The SMILES string of the molecule is CCCC(NC(=O)NCc1ccc(F)cc1)C(=O)N1CC(C)CC(C(=O)O)C1. The molecule has 0 saturated carbocycles. The van der Waals surface area contributed by atoms with Crippen molar-refractivity contribution in [1.82, 2.24) is 15.5 Å². The molecule has 3 atom stereocenters. The van der Waals surface area contributed by atoms with Gasteiger partial charge >= 0.3 is 12.0 Å². The molecule has 0 spiro atoms. The third kappa shape index (κ3) is 6.21. The molecule has 1 aromatic carbocycles. The molecule has 0 bridgehead atoms. The maximum atomic E-state index is 12.9. The zero-order valence-electron chi connectivity index (χ0n) is 16.3. The van der Waals surface area contributed by atoms with E-state index >= 15 is 0 Å². The molecule has 28 heavy (non-hydrogen) atoms. The molecule has 1 aliphatic rings. The first kappa shape index (κ1) is 21.7. The van der Waals surface area contributed by atoms with Gasteiger partial charge in [0, 0.05) is 19.6 Å². The molecule has 0 aromatic heterocycles. The number of piperidine rings is 1. The Morgan fingerprint density at radius 3 is 2.54 bits per heavy atom. The largest absolute Gasteiger partial charge is 0.481 e. The van der Waals surface area contributed by atoms with Crippen LogP contribution < -0.4 is 10.6 Å². The van der Waals surface area contributed by atoms with E-state index in [4.69, 9.17) is 0 Å². The zero-order valence-corrected chi connectivity index (χ0v) is 16.3. The van der Waals surface area contributed by atoms with Crippen LogP contribution in [0.1, 0.15) is 38.7 Å². The molecule has 1 heterocycles. The van der Waals surface area contributed by atoms with Crippen LogP contribution in [0.4, 0.5) is 9.18 Å². The van der Waals surface area contributed by atoms with Crippen LogP contribution in [0, 0.1) is 17.7 Å². The molecule has 3 N–H and O–H groups in total. The third-order valence-corrected chi connectivity index (χ3v) is 4.87. The van der Waals surface area contributed by atoms with Gasteiger partial charge in [0.05, 0.1) is 5.92 Å². The Morgan fingerprint density at radius 2 is 1.93 bits per heavy atom. The second kappa shape index (κ2) is 10.1. The molecular weight excluding hydrogens is 365 g/mol. The molecule has 1 saturated heterocycles. The highest BCUT2D eigenvalue weighted by Crippen LogP contribution is 2.22. The number of carboxylic acids is 1. The van der Waals surface area contributed by atoms with Crippen LogP contribution >= 0.6 is 0 Å². The van der Waals surface area contributed by atoms with Crippen LogP contribution in [-0.2, 0) is 16.1 Å². The highest BCUT2D eigenvalue weighted by molar-refractivity contribution is 5.87. The van der Waals surface area contributed by atoms with Crippen LogP contribution in [0.3, 0.4) is 0 Å². The summed E-state index contributed by atoms with van der Waals surface area (Å²) in [4.78, 5) is 38.0. The monoisotopic (exact) mass is 393 g/mol. The number of carbonyl (C=O) groups is 3. The van der Waals surface area contributed by atoms with Crippen LogP contribution in [0.15, 0.2) is 24.3 Å². The van der Waals surface area contributed by atoms with Gasteiger partial charge in [-0.05, 0) is 36.5 Å². The summed E-state index contributed by atoms with van der Waals surface area (Å²) >= 11 is 0. The van der Waals surface area contributed by atoms with Gasteiger partial charge in [-0.25, -0.2) is 9.18 Å². The van der Waals surface area contributed by atoms with E-state index in [1.165, 1.54) is 12.1 Å². The second-order valence-electron chi connectivity index (χ2n) is 7.41. The van der Waals surface area contributed by atoms with Crippen molar-refractivity contribution < 1.29 is 23.9 Å². The quantitative estimate of drug-likeness (QED) is 0.662. The smallest absolute Gasteiger partial charge is 0.315 e. The summed E-state index contributed by atoms with van der Waals surface area (Å²) in [5.74, 6) is -1.99. The van der Waals surface area contributed by atoms with Crippen LogP contribution in [-0.4, -0.2) is 47.0 Å². The molecule has 0 radical (unpaired) electrons. The average Bonchev–Trinajstić information content (AvgIpc) is 2.66. The summed E-state index contributed by atoms with van der Waals surface area (Å²) in [5.41, 5.74) is 0.740. The maximum absolute atomic E-state index is 12.9.